The van der Waals surface area contributed by atoms with Gasteiger partial charge in [0.1, 0.15) is 5.58 Å². The SMILES string of the molecule is CC(=O)/C=C(/C)O.Cc1c[c-]c(-c2nc3ccccc3c3ccoc23)c(C)c1.[Ir]. The normalized spacial score (nSPS) is 11.0. The fraction of sp³-hybridized carbons (Fsp3) is 0.167. The van der Waals surface area contributed by atoms with Gasteiger partial charge in [0.15, 0.2) is 5.78 Å². The maximum absolute atomic E-state index is 10.0. The number of rotatable bonds is 2. The van der Waals surface area contributed by atoms with Gasteiger partial charge in [-0.05, 0) is 26.0 Å². The van der Waals surface area contributed by atoms with Gasteiger partial charge in [-0.25, -0.2) is 0 Å². The molecule has 0 spiro atoms. The quantitative estimate of drug-likeness (QED) is 0.182. The molecule has 0 aliphatic carbocycles. The molecule has 0 bridgehead atoms. The summed E-state index contributed by atoms with van der Waals surface area (Å²) in [5, 5.41) is 10.6. The second-order valence-corrected chi connectivity index (χ2v) is 6.77. The van der Waals surface area contributed by atoms with Gasteiger partial charge in [0.25, 0.3) is 0 Å². The van der Waals surface area contributed by atoms with Gasteiger partial charge in [0, 0.05) is 42.6 Å². The van der Waals surface area contributed by atoms with Crippen LogP contribution in [0.3, 0.4) is 0 Å². The van der Waals surface area contributed by atoms with E-state index in [1.54, 1.807) is 6.26 Å². The molecule has 0 saturated heterocycles. The molecule has 0 saturated carbocycles. The van der Waals surface area contributed by atoms with Gasteiger partial charge < -0.3 is 9.52 Å². The van der Waals surface area contributed by atoms with E-state index in [2.05, 4.69) is 32.0 Å². The van der Waals surface area contributed by atoms with Crippen LogP contribution in [-0.2, 0) is 24.9 Å². The number of para-hydroxylation sites is 1. The number of carbonyl (C=O) groups is 1. The monoisotopic (exact) mass is 565 g/mol. The first kappa shape index (κ1) is 22.5. The van der Waals surface area contributed by atoms with Crippen LogP contribution in [-0.4, -0.2) is 15.9 Å². The minimum Gasteiger partial charge on any atom is -0.512 e. The zero-order valence-corrected chi connectivity index (χ0v) is 19.1. The molecule has 0 amide bonds. The van der Waals surface area contributed by atoms with Crippen LogP contribution in [0.4, 0.5) is 0 Å². The number of furan rings is 1. The fourth-order valence-electron chi connectivity index (χ4n) is 3.15. The van der Waals surface area contributed by atoms with Crippen LogP contribution in [0.5, 0.6) is 0 Å². The molecule has 4 aromatic rings. The second-order valence-electron chi connectivity index (χ2n) is 6.77. The summed E-state index contributed by atoms with van der Waals surface area (Å²) in [6.07, 6.45) is 2.89. The largest absolute Gasteiger partial charge is 0.512 e. The van der Waals surface area contributed by atoms with E-state index < -0.39 is 0 Å². The van der Waals surface area contributed by atoms with E-state index >= 15 is 0 Å². The molecule has 1 radical (unpaired) electrons. The van der Waals surface area contributed by atoms with Crippen molar-refractivity contribution in [2.24, 2.45) is 0 Å². The van der Waals surface area contributed by atoms with Crippen molar-refractivity contribution >= 4 is 27.7 Å². The fourth-order valence-corrected chi connectivity index (χ4v) is 3.15. The minimum absolute atomic E-state index is 0. The molecular weight excluding hydrogens is 542 g/mol. The van der Waals surface area contributed by atoms with E-state index in [1.165, 1.54) is 25.5 Å². The summed E-state index contributed by atoms with van der Waals surface area (Å²) in [5.74, 6) is -0.0625. The number of hydrogen-bond donors (Lipinski definition) is 1. The Morgan fingerprint density at radius 3 is 2.48 bits per heavy atom. The number of nitrogens with zero attached hydrogens (tertiary/aromatic N) is 1. The Morgan fingerprint density at radius 1 is 1.14 bits per heavy atom. The Bertz CT molecular complexity index is 1190. The van der Waals surface area contributed by atoms with Crippen LogP contribution in [0.15, 0.2) is 65.0 Å². The van der Waals surface area contributed by atoms with Crippen molar-refractivity contribution < 1.29 is 34.4 Å². The number of carbonyl (C=O) groups excluding carboxylic acids is 1. The Balaban J connectivity index is 0.000000327. The third-order valence-electron chi connectivity index (χ3n) is 4.24. The summed E-state index contributed by atoms with van der Waals surface area (Å²) in [5.41, 5.74) is 6.05. The number of hydrogen-bond acceptors (Lipinski definition) is 4. The molecule has 0 aliphatic heterocycles. The van der Waals surface area contributed by atoms with Gasteiger partial charge in [-0.3, -0.25) is 9.78 Å². The van der Waals surface area contributed by atoms with Crippen molar-refractivity contribution in [3.8, 4) is 11.3 Å². The molecule has 0 unspecified atom stereocenters. The van der Waals surface area contributed by atoms with Crippen molar-refractivity contribution in [2.45, 2.75) is 27.7 Å². The number of aryl methyl sites for hydroxylation is 2. The molecule has 151 valence electrons. The molecule has 0 fully saturated rings. The molecule has 29 heavy (non-hydrogen) atoms. The van der Waals surface area contributed by atoms with E-state index in [0.717, 1.165) is 38.7 Å². The summed E-state index contributed by atoms with van der Waals surface area (Å²) >= 11 is 0. The summed E-state index contributed by atoms with van der Waals surface area (Å²) in [6.45, 7) is 7.01. The van der Waals surface area contributed by atoms with Gasteiger partial charge in [-0.2, -0.15) is 0 Å². The van der Waals surface area contributed by atoms with Gasteiger partial charge in [0.2, 0.25) is 0 Å². The topological polar surface area (TPSA) is 63.3 Å². The van der Waals surface area contributed by atoms with E-state index in [1.807, 2.05) is 30.3 Å². The average molecular weight is 565 g/mol. The molecule has 4 rings (SSSR count). The van der Waals surface area contributed by atoms with Crippen LogP contribution in [0, 0.1) is 19.9 Å². The van der Waals surface area contributed by atoms with Gasteiger partial charge in [0.05, 0.1) is 17.5 Å². The van der Waals surface area contributed by atoms with Crippen molar-refractivity contribution in [1.29, 1.82) is 0 Å². The first-order chi connectivity index (χ1) is 13.4. The predicted octanol–water partition coefficient (Wildman–Crippen LogP) is 6.10. The maximum atomic E-state index is 10.0. The molecule has 5 heteroatoms. The number of aliphatic hydroxyl groups is 1. The number of allylic oxidation sites excluding steroid dienone is 2. The Morgan fingerprint density at radius 2 is 1.86 bits per heavy atom. The van der Waals surface area contributed by atoms with Gasteiger partial charge >= 0.3 is 0 Å². The van der Waals surface area contributed by atoms with Crippen LogP contribution < -0.4 is 0 Å². The first-order valence-corrected chi connectivity index (χ1v) is 9.00. The minimum atomic E-state index is -0.125. The molecule has 0 atom stereocenters. The Labute approximate surface area is 183 Å². The van der Waals surface area contributed by atoms with Crippen molar-refractivity contribution in [1.82, 2.24) is 4.98 Å². The van der Waals surface area contributed by atoms with Crippen molar-refractivity contribution in [3.63, 3.8) is 0 Å². The van der Waals surface area contributed by atoms with Gasteiger partial charge in [-0.15, -0.1) is 34.9 Å². The van der Waals surface area contributed by atoms with Crippen molar-refractivity contribution in [2.75, 3.05) is 0 Å². The van der Waals surface area contributed by atoms with E-state index in [4.69, 9.17) is 14.5 Å². The third-order valence-corrected chi connectivity index (χ3v) is 4.24. The van der Waals surface area contributed by atoms with Crippen molar-refractivity contribution in [3.05, 3.63) is 77.8 Å². The molecule has 2 heterocycles. The molecule has 1 N–H and O–H groups in total. The van der Waals surface area contributed by atoms with Crippen LogP contribution >= 0.6 is 0 Å². The van der Waals surface area contributed by atoms with E-state index in [-0.39, 0.29) is 31.6 Å². The van der Waals surface area contributed by atoms with Crippen LogP contribution in [0.2, 0.25) is 0 Å². The maximum Gasteiger partial charge on any atom is 0.155 e. The second kappa shape index (κ2) is 9.64. The zero-order chi connectivity index (χ0) is 20.3. The molecule has 2 aromatic heterocycles. The Kier molecular flexibility index (Phi) is 7.49. The summed E-state index contributed by atoms with van der Waals surface area (Å²) in [4.78, 5) is 14.8. The first-order valence-electron chi connectivity index (χ1n) is 9.00. The number of pyridine rings is 1. The number of aromatic nitrogens is 1. The van der Waals surface area contributed by atoms with Crippen LogP contribution in [0.1, 0.15) is 25.0 Å². The number of ketones is 1. The van der Waals surface area contributed by atoms with Crippen LogP contribution in [0.25, 0.3) is 33.1 Å². The number of fused-ring (bicyclic) bond motifs is 3. The third kappa shape index (κ3) is 5.20. The number of benzene rings is 2. The predicted molar refractivity (Wildman–Crippen MR) is 112 cm³/mol. The smallest absolute Gasteiger partial charge is 0.155 e. The van der Waals surface area contributed by atoms with E-state index in [9.17, 15) is 4.79 Å². The average Bonchev–Trinajstić information content (AvgIpc) is 3.11. The van der Waals surface area contributed by atoms with E-state index in [0.29, 0.717) is 0 Å². The molecule has 0 aliphatic rings. The van der Waals surface area contributed by atoms with Gasteiger partial charge in [-0.1, -0.05) is 32.0 Å². The molecule has 4 nitrogen and oxygen atoms in total. The Hall–Kier alpha value is -2.75. The summed E-state index contributed by atoms with van der Waals surface area (Å²) in [6, 6.07) is 17.6. The standard InChI is InChI=1S/C19H14NO.C5H8O2.Ir/c1-12-7-8-14(13(2)11-12)18-19-16(9-10-21-19)15-5-3-4-6-17(15)20-18;1-4(6)3-5(2)7;/h3-7,9-11H,1-2H3;3,6H,1-2H3;/q-1;;/b;4-3-;. The number of aliphatic hydroxyl groups excluding tert-OH is 1. The summed E-state index contributed by atoms with van der Waals surface area (Å²) in [7, 11) is 0. The molecular formula is C24H22IrNO3-. The zero-order valence-electron chi connectivity index (χ0n) is 16.7. The molecule has 2 aromatic carbocycles. The summed E-state index contributed by atoms with van der Waals surface area (Å²) < 4.78 is 5.71.